The van der Waals surface area contributed by atoms with Crippen molar-refractivity contribution >= 4 is 5.78 Å². The van der Waals surface area contributed by atoms with Crippen molar-refractivity contribution in [3.8, 4) is 0 Å². The van der Waals surface area contributed by atoms with Crippen LogP contribution in [0, 0.1) is 11.8 Å². The predicted octanol–water partition coefficient (Wildman–Crippen LogP) is 2.10. The van der Waals surface area contributed by atoms with E-state index >= 15 is 0 Å². The molecule has 0 amide bonds. The number of carbonyl (C=O) groups is 1. The monoisotopic (exact) mass is 148 g/mol. The molecule has 0 radical (unpaired) electrons. The van der Waals surface area contributed by atoms with Crippen LogP contribution in [0.25, 0.3) is 0 Å². The molecule has 58 valence electrons. The van der Waals surface area contributed by atoms with Gasteiger partial charge in [-0.3, -0.25) is 4.79 Å². The fourth-order valence-corrected chi connectivity index (χ4v) is 1.96. The van der Waals surface area contributed by atoms with Gasteiger partial charge in [-0.05, 0) is 31.3 Å². The van der Waals surface area contributed by atoms with Gasteiger partial charge in [-0.2, -0.15) is 0 Å². The summed E-state index contributed by atoms with van der Waals surface area (Å²) in [6, 6.07) is 0. The van der Waals surface area contributed by atoms with Crippen LogP contribution < -0.4 is 0 Å². The molecule has 0 aliphatic heterocycles. The van der Waals surface area contributed by atoms with Gasteiger partial charge in [-0.25, -0.2) is 0 Å². The summed E-state index contributed by atoms with van der Waals surface area (Å²) >= 11 is 0. The third kappa shape index (κ3) is 1.15. The lowest BCUT2D eigenvalue weighted by Gasteiger charge is -2.28. The van der Waals surface area contributed by atoms with Gasteiger partial charge in [0.1, 0.15) is 0 Å². The smallest absolute Gasteiger partial charge is 0.159 e. The Morgan fingerprint density at radius 1 is 1.09 bits per heavy atom. The number of fused-ring (bicyclic) bond motifs is 1. The minimum atomic E-state index is 0.310. The van der Waals surface area contributed by atoms with Gasteiger partial charge in [0.15, 0.2) is 5.78 Å². The molecule has 0 bridgehead atoms. The first-order chi connectivity index (χ1) is 5.38. The number of ketones is 1. The minimum absolute atomic E-state index is 0.310. The second-order valence-corrected chi connectivity index (χ2v) is 3.35. The van der Waals surface area contributed by atoms with Crippen molar-refractivity contribution in [3.63, 3.8) is 0 Å². The largest absolute Gasteiger partial charge is 0.295 e. The second-order valence-electron chi connectivity index (χ2n) is 3.35. The molecule has 0 saturated carbocycles. The van der Waals surface area contributed by atoms with Gasteiger partial charge in [-0.15, -0.1) is 0 Å². The maximum absolute atomic E-state index is 11.3. The number of hydrogen-bond donors (Lipinski definition) is 0. The van der Waals surface area contributed by atoms with Crippen molar-refractivity contribution in [2.45, 2.75) is 19.3 Å². The van der Waals surface area contributed by atoms with Crippen LogP contribution in [0.5, 0.6) is 0 Å². The zero-order valence-corrected chi connectivity index (χ0v) is 6.49. The SMILES string of the molecule is O=C1C=CCC2CC=CCC12. The molecular formula is C10H12O. The van der Waals surface area contributed by atoms with Crippen molar-refractivity contribution in [2.75, 3.05) is 0 Å². The molecule has 0 heterocycles. The fraction of sp³-hybridized carbons (Fsp3) is 0.500. The van der Waals surface area contributed by atoms with E-state index in [-0.39, 0.29) is 0 Å². The topological polar surface area (TPSA) is 17.1 Å². The number of allylic oxidation sites excluding steroid dienone is 4. The third-order valence-corrected chi connectivity index (χ3v) is 2.65. The maximum atomic E-state index is 11.3. The molecule has 11 heavy (non-hydrogen) atoms. The van der Waals surface area contributed by atoms with Crippen LogP contribution in [0.4, 0.5) is 0 Å². The highest BCUT2D eigenvalue weighted by molar-refractivity contribution is 5.93. The van der Waals surface area contributed by atoms with Crippen LogP contribution in [0.1, 0.15) is 19.3 Å². The molecule has 2 aliphatic carbocycles. The molecule has 1 nitrogen and oxygen atoms in total. The minimum Gasteiger partial charge on any atom is -0.295 e. The van der Waals surface area contributed by atoms with Crippen LogP contribution >= 0.6 is 0 Å². The van der Waals surface area contributed by atoms with Crippen LogP contribution in [0.2, 0.25) is 0 Å². The Balaban J connectivity index is 2.21. The summed E-state index contributed by atoms with van der Waals surface area (Å²) in [7, 11) is 0. The van der Waals surface area contributed by atoms with Gasteiger partial charge in [0, 0.05) is 5.92 Å². The van der Waals surface area contributed by atoms with E-state index in [2.05, 4.69) is 12.2 Å². The first-order valence-electron chi connectivity index (χ1n) is 4.23. The molecule has 0 aromatic carbocycles. The van der Waals surface area contributed by atoms with Gasteiger partial charge < -0.3 is 0 Å². The van der Waals surface area contributed by atoms with Gasteiger partial charge >= 0.3 is 0 Å². The van der Waals surface area contributed by atoms with Crippen LogP contribution in [0.15, 0.2) is 24.3 Å². The molecule has 0 saturated heterocycles. The summed E-state index contributed by atoms with van der Waals surface area (Å²) in [5.74, 6) is 1.26. The number of carbonyl (C=O) groups excluding carboxylic acids is 1. The van der Waals surface area contributed by atoms with Gasteiger partial charge in [0.2, 0.25) is 0 Å². The Bertz CT molecular complexity index is 225. The lowest BCUT2D eigenvalue weighted by Crippen LogP contribution is -2.26. The van der Waals surface area contributed by atoms with Crippen molar-refractivity contribution in [1.29, 1.82) is 0 Å². The average molecular weight is 148 g/mol. The molecule has 0 spiro atoms. The average Bonchev–Trinajstić information content (AvgIpc) is 2.06. The summed E-state index contributed by atoms with van der Waals surface area (Å²) < 4.78 is 0. The first kappa shape index (κ1) is 6.84. The first-order valence-corrected chi connectivity index (χ1v) is 4.23. The van der Waals surface area contributed by atoms with Crippen LogP contribution in [-0.2, 0) is 4.79 Å². The lowest BCUT2D eigenvalue weighted by molar-refractivity contribution is -0.120. The Morgan fingerprint density at radius 3 is 2.64 bits per heavy atom. The van der Waals surface area contributed by atoms with E-state index in [0.717, 1.165) is 19.3 Å². The van der Waals surface area contributed by atoms with Gasteiger partial charge in [-0.1, -0.05) is 18.2 Å². The van der Waals surface area contributed by atoms with Crippen molar-refractivity contribution in [2.24, 2.45) is 11.8 Å². The zero-order chi connectivity index (χ0) is 7.68. The van der Waals surface area contributed by atoms with Crippen molar-refractivity contribution < 1.29 is 4.79 Å². The van der Waals surface area contributed by atoms with E-state index in [1.807, 2.05) is 6.08 Å². The standard InChI is InChI=1S/C10H12O/c11-10-7-3-5-8-4-1-2-6-9(8)10/h1-3,7-9H,4-6H2. The van der Waals surface area contributed by atoms with Crippen LogP contribution in [-0.4, -0.2) is 5.78 Å². The Morgan fingerprint density at radius 2 is 1.82 bits per heavy atom. The van der Waals surface area contributed by atoms with Crippen molar-refractivity contribution in [3.05, 3.63) is 24.3 Å². The highest BCUT2D eigenvalue weighted by Crippen LogP contribution is 2.32. The molecular weight excluding hydrogens is 136 g/mol. The van der Waals surface area contributed by atoms with E-state index in [0.29, 0.717) is 17.6 Å². The Labute approximate surface area is 66.8 Å². The van der Waals surface area contributed by atoms with E-state index < -0.39 is 0 Å². The van der Waals surface area contributed by atoms with E-state index in [1.54, 1.807) is 6.08 Å². The van der Waals surface area contributed by atoms with Crippen molar-refractivity contribution in [1.82, 2.24) is 0 Å². The van der Waals surface area contributed by atoms with Gasteiger partial charge in [0.05, 0.1) is 0 Å². The molecule has 2 aliphatic rings. The highest BCUT2D eigenvalue weighted by atomic mass is 16.1. The molecule has 2 rings (SSSR count). The molecule has 2 unspecified atom stereocenters. The molecule has 0 N–H and O–H groups in total. The second kappa shape index (κ2) is 2.65. The normalized spacial score (nSPS) is 35.5. The number of rotatable bonds is 0. The quantitative estimate of drug-likeness (QED) is 0.481. The van der Waals surface area contributed by atoms with E-state index in [1.165, 1.54) is 0 Å². The lowest BCUT2D eigenvalue weighted by atomic mass is 9.76. The zero-order valence-electron chi connectivity index (χ0n) is 6.49. The molecule has 0 fully saturated rings. The number of hydrogen-bond acceptors (Lipinski definition) is 1. The van der Waals surface area contributed by atoms with Crippen LogP contribution in [0.3, 0.4) is 0 Å². The molecule has 2 atom stereocenters. The maximum Gasteiger partial charge on any atom is 0.159 e. The summed E-state index contributed by atoms with van der Waals surface area (Å²) in [5.41, 5.74) is 0. The summed E-state index contributed by atoms with van der Waals surface area (Å²) in [4.78, 5) is 11.3. The fourth-order valence-electron chi connectivity index (χ4n) is 1.96. The Hall–Kier alpha value is -0.850. The summed E-state index contributed by atoms with van der Waals surface area (Å²) in [6.07, 6.45) is 11.3. The van der Waals surface area contributed by atoms with E-state index in [9.17, 15) is 4.79 Å². The Kier molecular flexibility index (Phi) is 1.65. The van der Waals surface area contributed by atoms with Gasteiger partial charge in [0.25, 0.3) is 0 Å². The third-order valence-electron chi connectivity index (χ3n) is 2.65. The molecule has 0 aromatic rings. The summed E-state index contributed by atoms with van der Waals surface area (Å²) in [6.45, 7) is 0. The summed E-state index contributed by atoms with van der Waals surface area (Å²) in [5, 5.41) is 0. The molecule has 1 heteroatoms. The predicted molar refractivity (Wildman–Crippen MR) is 44.1 cm³/mol. The molecule has 0 aromatic heterocycles. The highest BCUT2D eigenvalue weighted by Gasteiger charge is 2.28. The van der Waals surface area contributed by atoms with E-state index in [4.69, 9.17) is 0 Å².